The van der Waals surface area contributed by atoms with Crippen LogP contribution in [0.4, 0.5) is 5.69 Å². The highest BCUT2D eigenvalue weighted by Crippen LogP contribution is 2.22. The number of carbonyl (C=O) groups excluding carboxylic acids is 1. The van der Waals surface area contributed by atoms with Gasteiger partial charge in [0, 0.05) is 11.8 Å². The number of primary sulfonamides is 1. The van der Waals surface area contributed by atoms with Crippen LogP contribution in [-0.4, -0.2) is 21.4 Å². The van der Waals surface area contributed by atoms with E-state index in [1.165, 1.54) is 24.3 Å². The monoisotopic (exact) mass is 382 g/mol. The van der Waals surface area contributed by atoms with E-state index in [1.54, 1.807) is 19.3 Å². The van der Waals surface area contributed by atoms with Crippen molar-refractivity contribution >= 4 is 38.5 Å². The highest BCUT2D eigenvalue weighted by Gasteiger charge is 2.08. The smallest absolute Gasteiger partial charge is 0.248 e. The van der Waals surface area contributed by atoms with Gasteiger partial charge in [0.2, 0.25) is 15.9 Å². The average Bonchev–Trinajstić information content (AvgIpc) is 2.65. The number of fused-ring (bicyclic) bond motifs is 1. The summed E-state index contributed by atoms with van der Waals surface area (Å²) < 4.78 is 27.9. The van der Waals surface area contributed by atoms with Gasteiger partial charge in [0.25, 0.3) is 0 Å². The van der Waals surface area contributed by atoms with Crippen molar-refractivity contribution in [1.29, 1.82) is 0 Å². The standard InChI is InChI=1S/C20H18N2O4S/c1-26-18-9-8-15-11-14(5-7-16(15)12-18)6-10-20(23)22-17-3-2-4-19(13-17)27(21,24)25/h2-13H,1H3,(H,22,23)(H2,21,24,25). The minimum absolute atomic E-state index is 0.0609. The summed E-state index contributed by atoms with van der Waals surface area (Å²) in [6.45, 7) is 0. The number of nitrogens with one attached hydrogen (secondary N) is 1. The predicted octanol–water partition coefficient (Wildman–Crippen LogP) is 3.15. The van der Waals surface area contributed by atoms with Crippen LogP contribution in [0.1, 0.15) is 5.56 Å². The maximum absolute atomic E-state index is 12.1. The molecule has 7 heteroatoms. The van der Waals surface area contributed by atoms with Crippen LogP contribution in [0.5, 0.6) is 5.75 Å². The van der Waals surface area contributed by atoms with Crippen LogP contribution in [0.2, 0.25) is 0 Å². The van der Waals surface area contributed by atoms with Crippen molar-refractivity contribution < 1.29 is 17.9 Å². The molecule has 3 rings (SSSR count). The molecule has 0 atom stereocenters. The van der Waals surface area contributed by atoms with Gasteiger partial charge in [-0.2, -0.15) is 0 Å². The molecule has 0 saturated heterocycles. The minimum Gasteiger partial charge on any atom is -0.497 e. The van der Waals surface area contributed by atoms with Crippen molar-refractivity contribution in [2.45, 2.75) is 4.90 Å². The van der Waals surface area contributed by atoms with Crippen molar-refractivity contribution in [3.8, 4) is 5.75 Å². The van der Waals surface area contributed by atoms with E-state index in [-0.39, 0.29) is 10.8 Å². The van der Waals surface area contributed by atoms with Gasteiger partial charge < -0.3 is 10.1 Å². The SMILES string of the molecule is COc1ccc2cc(C=CC(=O)Nc3cccc(S(N)(=O)=O)c3)ccc2c1. The molecule has 0 unspecified atom stereocenters. The fourth-order valence-corrected chi connectivity index (χ4v) is 3.14. The number of sulfonamides is 1. The largest absolute Gasteiger partial charge is 0.497 e. The van der Waals surface area contributed by atoms with E-state index >= 15 is 0 Å². The highest BCUT2D eigenvalue weighted by atomic mass is 32.2. The van der Waals surface area contributed by atoms with Crippen molar-refractivity contribution in [2.75, 3.05) is 12.4 Å². The summed E-state index contributed by atoms with van der Waals surface area (Å²) in [7, 11) is -2.20. The normalized spacial score (nSPS) is 11.6. The molecule has 0 fully saturated rings. The highest BCUT2D eigenvalue weighted by molar-refractivity contribution is 7.89. The molecule has 6 nitrogen and oxygen atoms in total. The summed E-state index contributed by atoms with van der Waals surface area (Å²) in [5.41, 5.74) is 1.21. The predicted molar refractivity (Wildman–Crippen MR) is 106 cm³/mol. The Kier molecular flexibility index (Phi) is 5.25. The first-order valence-electron chi connectivity index (χ1n) is 8.05. The Morgan fingerprint density at radius 2 is 1.78 bits per heavy atom. The quantitative estimate of drug-likeness (QED) is 0.662. The molecule has 3 aromatic carbocycles. The number of amides is 1. The summed E-state index contributed by atoms with van der Waals surface area (Å²) in [4.78, 5) is 12.0. The van der Waals surface area contributed by atoms with Crippen LogP contribution in [0.15, 0.2) is 71.6 Å². The van der Waals surface area contributed by atoms with Gasteiger partial charge in [-0.05, 0) is 58.8 Å². The van der Waals surface area contributed by atoms with Gasteiger partial charge in [0.05, 0.1) is 12.0 Å². The zero-order valence-corrected chi connectivity index (χ0v) is 15.4. The topological polar surface area (TPSA) is 98.5 Å². The Morgan fingerprint density at radius 3 is 2.52 bits per heavy atom. The van der Waals surface area contributed by atoms with E-state index in [2.05, 4.69) is 5.32 Å². The first-order chi connectivity index (χ1) is 12.8. The number of nitrogens with two attached hydrogens (primary N) is 1. The molecule has 0 aliphatic heterocycles. The van der Waals surface area contributed by atoms with Gasteiger partial charge in [0.1, 0.15) is 5.75 Å². The first kappa shape index (κ1) is 18.6. The summed E-state index contributed by atoms with van der Waals surface area (Å²) in [6, 6.07) is 17.3. The van der Waals surface area contributed by atoms with Crippen LogP contribution in [0, 0.1) is 0 Å². The molecule has 3 N–H and O–H groups in total. The molecule has 0 radical (unpaired) electrons. The third-order valence-electron chi connectivity index (χ3n) is 3.93. The van der Waals surface area contributed by atoms with E-state index in [1.807, 2.05) is 36.4 Å². The van der Waals surface area contributed by atoms with Crippen molar-refractivity contribution in [2.24, 2.45) is 5.14 Å². The second-order valence-corrected chi connectivity index (χ2v) is 7.43. The number of hydrogen-bond donors (Lipinski definition) is 2. The number of benzene rings is 3. The van der Waals surface area contributed by atoms with Gasteiger partial charge in [-0.15, -0.1) is 0 Å². The molecule has 0 aromatic heterocycles. The lowest BCUT2D eigenvalue weighted by atomic mass is 10.1. The average molecular weight is 382 g/mol. The van der Waals surface area contributed by atoms with E-state index in [0.29, 0.717) is 5.69 Å². The Bertz CT molecular complexity index is 1140. The Morgan fingerprint density at radius 1 is 1.04 bits per heavy atom. The maximum Gasteiger partial charge on any atom is 0.248 e. The zero-order chi connectivity index (χ0) is 19.4. The van der Waals surface area contributed by atoms with Crippen LogP contribution in [0.25, 0.3) is 16.8 Å². The maximum atomic E-state index is 12.1. The van der Waals surface area contributed by atoms with Crippen molar-refractivity contribution in [3.63, 3.8) is 0 Å². The first-order valence-corrected chi connectivity index (χ1v) is 9.59. The van der Waals surface area contributed by atoms with Gasteiger partial charge >= 0.3 is 0 Å². The molecule has 3 aromatic rings. The Balaban J connectivity index is 1.74. The third kappa shape index (κ3) is 4.72. The van der Waals surface area contributed by atoms with E-state index in [9.17, 15) is 13.2 Å². The molecule has 0 bridgehead atoms. The van der Waals surface area contributed by atoms with E-state index in [4.69, 9.17) is 9.88 Å². The molecule has 0 aliphatic carbocycles. The van der Waals surface area contributed by atoms with Gasteiger partial charge in [-0.1, -0.05) is 24.3 Å². The number of rotatable bonds is 5. The number of anilines is 1. The summed E-state index contributed by atoms with van der Waals surface area (Å²) >= 11 is 0. The zero-order valence-electron chi connectivity index (χ0n) is 14.5. The number of hydrogen-bond acceptors (Lipinski definition) is 4. The summed E-state index contributed by atoms with van der Waals surface area (Å²) in [5, 5.41) is 9.77. The molecule has 0 spiro atoms. The molecule has 0 heterocycles. The number of methoxy groups -OCH3 is 1. The second kappa shape index (κ2) is 7.61. The molecule has 0 aliphatic rings. The van der Waals surface area contributed by atoms with Crippen LogP contribution in [0.3, 0.4) is 0 Å². The lowest BCUT2D eigenvalue weighted by Crippen LogP contribution is -2.13. The fourth-order valence-electron chi connectivity index (χ4n) is 2.58. The summed E-state index contributed by atoms with van der Waals surface area (Å²) in [5.74, 6) is 0.406. The number of carbonyl (C=O) groups is 1. The second-order valence-electron chi connectivity index (χ2n) is 5.87. The van der Waals surface area contributed by atoms with Crippen LogP contribution in [-0.2, 0) is 14.8 Å². The molecule has 27 heavy (non-hydrogen) atoms. The number of ether oxygens (including phenoxy) is 1. The van der Waals surface area contributed by atoms with Crippen LogP contribution >= 0.6 is 0 Å². The Hall–Kier alpha value is -3.16. The van der Waals surface area contributed by atoms with Crippen molar-refractivity contribution in [1.82, 2.24) is 0 Å². The fraction of sp³-hybridized carbons (Fsp3) is 0.0500. The van der Waals surface area contributed by atoms with E-state index in [0.717, 1.165) is 22.1 Å². The molecular formula is C20H18N2O4S. The van der Waals surface area contributed by atoms with Gasteiger partial charge in [-0.25, -0.2) is 13.6 Å². The Labute approximate surface area is 157 Å². The molecule has 138 valence electrons. The van der Waals surface area contributed by atoms with Gasteiger partial charge in [-0.3, -0.25) is 4.79 Å². The summed E-state index contributed by atoms with van der Waals surface area (Å²) in [6.07, 6.45) is 3.07. The van der Waals surface area contributed by atoms with E-state index < -0.39 is 10.0 Å². The minimum atomic E-state index is -3.82. The molecule has 0 saturated carbocycles. The van der Waals surface area contributed by atoms with Crippen molar-refractivity contribution in [3.05, 3.63) is 72.3 Å². The van der Waals surface area contributed by atoms with Gasteiger partial charge in [0.15, 0.2) is 0 Å². The molecule has 1 amide bonds. The van der Waals surface area contributed by atoms with Crippen LogP contribution < -0.4 is 15.2 Å². The third-order valence-corrected chi connectivity index (χ3v) is 4.84. The molecular weight excluding hydrogens is 364 g/mol. The lowest BCUT2D eigenvalue weighted by Gasteiger charge is -2.05. The lowest BCUT2D eigenvalue weighted by molar-refractivity contribution is -0.111.